The fourth-order valence-electron chi connectivity index (χ4n) is 6.81. The third-order valence-corrected chi connectivity index (χ3v) is 10.7. The van der Waals surface area contributed by atoms with Crippen molar-refractivity contribution < 1.29 is 52.6 Å². The number of likely N-dealkylation sites (tertiary alicyclic amines) is 2. The molecule has 5 atom stereocenters. The van der Waals surface area contributed by atoms with Crippen molar-refractivity contribution in [3.63, 3.8) is 0 Å². The Bertz CT molecular complexity index is 1800. The molecule has 0 spiro atoms. The van der Waals surface area contributed by atoms with Crippen LogP contribution in [0, 0.1) is 34.5 Å². The molecule has 18 heteroatoms. The van der Waals surface area contributed by atoms with Gasteiger partial charge in [0.25, 0.3) is 0 Å². The van der Waals surface area contributed by atoms with Gasteiger partial charge in [-0.15, -0.1) is 0 Å². The van der Waals surface area contributed by atoms with E-state index >= 15 is 0 Å². The largest absolute Gasteiger partial charge is 0.460 e. The highest BCUT2D eigenvalue weighted by molar-refractivity contribution is 6.05. The number of hydrogen-bond acceptors (Lipinski definition) is 11. The number of imide groups is 2. The van der Waals surface area contributed by atoms with E-state index < -0.39 is 101 Å². The van der Waals surface area contributed by atoms with Crippen LogP contribution in [-0.2, 0) is 54.4 Å². The zero-order chi connectivity index (χ0) is 46.0. The second-order valence-corrected chi connectivity index (χ2v) is 18.6. The van der Waals surface area contributed by atoms with Gasteiger partial charge < -0.3 is 36.5 Å². The Kier molecular flexibility index (Phi) is 17.5. The monoisotopic (exact) mass is 855 g/mol. The van der Waals surface area contributed by atoms with Gasteiger partial charge in [-0.2, -0.15) is 0 Å². The second-order valence-electron chi connectivity index (χ2n) is 18.6. The molecule has 0 bridgehead atoms. The Morgan fingerprint density at radius 3 is 1.92 bits per heavy atom. The average Bonchev–Trinajstić information content (AvgIpc) is 3.61. The fourth-order valence-corrected chi connectivity index (χ4v) is 6.81. The molecule has 2 fully saturated rings. The molecule has 2 aliphatic rings. The van der Waals surface area contributed by atoms with Crippen molar-refractivity contribution in [2.24, 2.45) is 40.2 Å². The molecule has 3 rings (SSSR count). The molecule has 6 N–H and O–H groups in total. The minimum atomic E-state index is -1.16. The smallest absolute Gasteiger partial charge is 0.312 e. The number of esters is 1. The Hall–Kier alpha value is -5.39. The van der Waals surface area contributed by atoms with E-state index in [1.54, 1.807) is 58.9 Å². The highest BCUT2D eigenvalue weighted by atomic mass is 16.5. The minimum Gasteiger partial charge on any atom is -0.460 e. The molecule has 18 nitrogen and oxygen atoms in total. The third kappa shape index (κ3) is 14.6. The first kappa shape index (κ1) is 50.0. The molecule has 61 heavy (non-hydrogen) atoms. The van der Waals surface area contributed by atoms with E-state index in [0.717, 1.165) is 9.80 Å². The lowest BCUT2D eigenvalue weighted by Crippen LogP contribution is -2.55. The maximum absolute atomic E-state index is 13.8. The molecule has 0 aromatic heterocycles. The number of nitrogens with two attached hydrogens (primary N) is 1. The first-order valence-electron chi connectivity index (χ1n) is 20.8. The number of ether oxygens (including phenoxy) is 2. The summed E-state index contributed by atoms with van der Waals surface area (Å²) in [6.45, 7) is 16.7. The van der Waals surface area contributed by atoms with Crippen LogP contribution in [0.15, 0.2) is 24.3 Å². The summed E-state index contributed by atoms with van der Waals surface area (Å²) in [5.74, 6) is -5.76. The van der Waals surface area contributed by atoms with Crippen molar-refractivity contribution in [3.8, 4) is 0 Å². The molecule has 3 unspecified atom stereocenters. The summed E-state index contributed by atoms with van der Waals surface area (Å²) in [6, 6.07) is 3.56. The van der Waals surface area contributed by atoms with Gasteiger partial charge in [0.05, 0.1) is 30.5 Å². The van der Waals surface area contributed by atoms with Crippen LogP contribution in [0.2, 0.25) is 0 Å². The molecule has 2 aliphatic heterocycles. The van der Waals surface area contributed by atoms with Crippen LogP contribution in [0.4, 0.5) is 10.5 Å². The first-order chi connectivity index (χ1) is 28.3. The van der Waals surface area contributed by atoms with Crippen molar-refractivity contribution in [1.82, 2.24) is 25.8 Å². The number of hydrogen-bond donors (Lipinski definition) is 5. The number of anilines is 1. The fraction of sp³-hybridized carbons (Fsp3) is 0.651. The van der Waals surface area contributed by atoms with E-state index in [-0.39, 0.29) is 63.8 Å². The number of carbonyl (C=O) groups excluding carboxylic acids is 9. The molecule has 2 saturated heterocycles. The van der Waals surface area contributed by atoms with Gasteiger partial charge in [-0.1, -0.05) is 60.6 Å². The van der Waals surface area contributed by atoms with Crippen LogP contribution in [-0.4, -0.2) is 108 Å². The molecule has 0 aliphatic carbocycles. The zero-order valence-electron chi connectivity index (χ0n) is 37.2. The summed E-state index contributed by atoms with van der Waals surface area (Å²) >= 11 is 0. The average molecular weight is 856 g/mol. The van der Waals surface area contributed by atoms with E-state index in [1.165, 1.54) is 0 Å². The van der Waals surface area contributed by atoms with Gasteiger partial charge in [0.15, 0.2) is 0 Å². The lowest BCUT2D eigenvalue weighted by atomic mass is 9.80. The summed E-state index contributed by atoms with van der Waals surface area (Å²) in [7, 11) is 0. The van der Waals surface area contributed by atoms with Crippen molar-refractivity contribution in [3.05, 3.63) is 29.8 Å². The van der Waals surface area contributed by atoms with Gasteiger partial charge in [-0.25, -0.2) is 4.79 Å². The standard InChI is InChI=1S/C43H65N7O11/c1-24(2)29-18-33(52)49(38(29)56)20-28(21-50-34(53)19-30(39(50)57)42(5,6)7)60-23-32(51)48-35(25(3)4)37(55)47-31(12-11-17-45-41(44)59)36(54)46-27-15-13-26(14-16-27)22-61-40(58)43(8,9)10/h13-16,24-25,28-31,35H,11-12,17-23H2,1-10H3,(H,46,54)(H,47,55)(H,48,51)(H3,44,45,59)/t28?,29?,30?,31-,35-/m0/s1. The second kappa shape index (κ2) is 21.4. The van der Waals surface area contributed by atoms with E-state index in [0.29, 0.717) is 11.3 Å². The van der Waals surface area contributed by atoms with Crippen molar-refractivity contribution >= 4 is 59.0 Å². The summed E-state index contributed by atoms with van der Waals surface area (Å²) < 4.78 is 11.3. The summed E-state index contributed by atoms with van der Waals surface area (Å²) in [5.41, 5.74) is 5.10. The van der Waals surface area contributed by atoms with Crippen molar-refractivity contribution in [2.45, 2.75) is 120 Å². The Labute approximate surface area is 358 Å². The van der Waals surface area contributed by atoms with Gasteiger partial charge in [0.2, 0.25) is 41.4 Å². The lowest BCUT2D eigenvalue weighted by Gasteiger charge is -2.29. The Balaban J connectivity index is 1.73. The predicted octanol–water partition coefficient (Wildman–Crippen LogP) is 2.63. The quantitative estimate of drug-likeness (QED) is 0.0724. The van der Waals surface area contributed by atoms with E-state index in [4.69, 9.17) is 15.2 Å². The normalized spacial score (nSPS) is 18.6. The highest BCUT2D eigenvalue weighted by Crippen LogP contribution is 2.36. The van der Waals surface area contributed by atoms with Crippen LogP contribution in [0.5, 0.6) is 0 Å². The van der Waals surface area contributed by atoms with Crippen LogP contribution < -0.4 is 27.0 Å². The molecule has 9 amide bonds. The van der Waals surface area contributed by atoms with Gasteiger partial charge in [0, 0.05) is 31.0 Å². The number of urea groups is 1. The molecule has 2 heterocycles. The van der Waals surface area contributed by atoms with Crippen LogP contribution in [0.1, 0.15) is 100 Å². The molecule has 0 saturated carbocycles. The SMILES string of the molecule is CC(C)C1CC(=O)N(CC(CN2C(=O)CC(C(C)(C)C)C2=O)OCC(=O)N[C@H](C(=O)N[C@@H](CCCNC(N)=O)C(=O)Nc2ccc(COC(=O)C(C)(C)C)cc2)C(C)C)C1=O. The van der Waals surface area contributed by atoms with Crippen LogP contribution >= 0.6 is 0 Å². The topological polar surface area (TPSA) is 253 Å². The minimum absolute atomic E-state index is 0.00592. The zero-order valence-corrected chi connectivity index (χ0v) is 37.2. The number of benzene rings is 1. The maximum Gasteiger partial charge on any atom is 0.312 e. The van der Waals surface area contributed by atoms with E-state index in [1.807, 2.05) is 34.6 Å². The highest BCUT2D eigenvalue weighted by Gasteiger charge is 2.47. The maximum atomic E-state index is 13.8. The lowest BCUT2D eigenvalue weighted by molar-refractivity contribution is -0.154. The van der Waals surface area contributed by atoms with E-state index in [9.17, 15) is 43.2 Å². The summed E-state index contributed by atoms with van der Waals surface area (Å²) in [4.78, 5) is 119. The molecule has 1 aromatic rings. The first-order valence-corrected chi connectivity index (χ1v) is 20.8. The van der Waals surface area contributed by atoms with E-state index in [2.05, 4.69) is 21.3 Å². The molecule has 1 aromatic carbocycles. The summed E-state index contributed by atoms with van der Waals surface area (Å²) in [6.07, 6.45) is -0.784. The molecule has 0 radical (unpaired) electrons. The molecular formula is C43H65N7O11. The number of carbonyl (C=O) groups is 9. The molecular weight excluding hydrogens is 791 g/mol. The van der Waals surface area contributed by atoms with Gasteiger partial charge in [0.1, 0.15) is 25.3 Å². The van der Waals surface area contributed by atoms with Crippen molar-refractivity contribution in [2.75, 3.05) is 31.6 Å². The predicted molar refractivity (Wildman–Crippen MR) is 224 cm³/mol. The van der Waals surface area contributed by atoms with Gasteiger partial charge in [-0.05, 0) is 68.6 Å². The number of nitrogens with one attached hydrogen (secondary N) is 4. The molecule has 338 valence electrons. The Morgan fingerprint density at radius 2 is 1.41 bits per heavy atom. The van der Waals surface area contributed by atoms with Crippen LogP contribution in [0.25, 0.3) is 0 Å². The van der Waals surface area contributed by atoms with Crippen LogP contribution in [0.3, 0.4) is 0 Å². The van der Waals surface area contributed by atoms with Crippen molar-refractivity contribution in [1.29, 1.82) is 0 Å². The van der Waals surface area contributed by atoms with Gasteiger partial charge >= 0.3 is 12.0 Å². The number of amides is 9. The van der Waals surface area contributed by atoms with Gasteiger partial charge in [-0.3, -0.25) is 48.2 Å². The Morgan fingerprint density at radius 1 is 0.820 bits per heavy atom. The number of rotatable bonds is 20. The number of primary amides is 1. The third-order valence-electron chi connectivity index (χ3n) is 10.7. The number of nitrogens with zero attached hydrogens (tertiary/aromatic N) is 2. The summed E-state index contributed by atoms with van der Waals surface area (Å²) in [5, 5.41) is 10.6.